The standard InChI is InChI=1S/C15H16N4O/c1-11-8-14(19(2)18-11)17-15(20)13(10-16)9-12-6-4-3-5-7-12/h3-8,13H,9H2,1-2H3,(H,17,20). The summed E-state index contributed by atoms with van der Waals surface area (Å²) in [5.74, 6) is -0.423. The van der Waals surface area contributed by atoms with E-state index in [0.29, 0.717) is 12.2 Å². The zero-order chi connectivity index (χ0) is 14.5. The third-order valence-electron chi connectivity index (χ3n) is 3.01. The summed E-state index contributed by atoms with van der Waals surface area (Å²) in [6, 6.07) is 13.3. The van der Waals surface area contributed by atoms with E-state index in [9.17, 15) is 10.1 Å². The number of amides is 1. The maximum Gasteiger partial charge on any atom is 0.243 e. The maximum atomic E-state index is 12.1. The number of benzene rings is 1. The van der Waals surface area contributed by atoms with Gasteiger partial charge in [-0.1, -0.05) is 30.3 Å². The Hall–Kier alpha value is -2.61. The lowest BCUT2D eigenvalue weighted by molar-refractivity contribution is -0.118. The lowest BCUT2D eigenvalue weighted by Gasteiger charge is -2.10. The zero-order valence-electron chi connectivity index (χ0n) is 11.5. The van der Waals surface area contributed by atoms with Crippen LogP contribution in [-0.4, -0.2) is 15.7 Å². The van der Waals surface area contributed by atoms with Gasteiger partial charge < -0.3 is 5.32 Å². The van der Waals surface area contributed by atoms with Crippen molar-refractivity contribution in [3.05, 3.63) is 47.7 Å². The predicted octanol–water partition coefficient (Wildman–Crippen LogP) is 2.05. The van der Waals surface area contributed by atoms with Crippen LogP contribution in [0.5, 0.6) is 0 Å². The van der Waals surface area contributed by atoms with Crippen LogP contribution < -0.4 is 5.32 Å². The highest BCUT2D eigenvalue weighted by Gasteiger charge is 2.19. The summed E-state index contributed by atoms with van der Waals surface area (Å²) < 4.78 is 1.59. The highest BCUT2D eigenvalue weighted by atomic mass is 16.2. The molecule has 1 amide bonds. The monoisotopic (exact) mass is 268 g/mol. The van der Waals surface area contributed by atoms with Crippen molar-refractivity contribution < 1.29 is 4.79 Å². The van der Waals surface area contributed by atoms with Gasteiger partial charge in [0.1, 0.15) is 11.7 Å². The van der Waals surface area contributed by atoms with Crippen LogP contribution in [0, 0.1) is 24.2 Å². The van der Waals surface area contributed by atoms with Gasteiger partial charge in [0, 0.05) is 13.1 Å². The van der Waals surface area contributed by atoms with E-state index in [4.69, 9.17) is 0 Å². The molecule has 1 unspecified atom stereocenters. The molecule has 20 heavy (non-hydrogen) atoms. The summed E-state index contributed by atoms with van der Waals surface area (Å²) in [7, 11) is 1.75. The predicted molar refractivity (Wildman–Crippen MR) is 75.8 cm³/mol. The second kappa shape index (κ2) is 6.02. The third kappa shape index (κ3) is 3.23. The fourth-order valence-corrected chi connectivity index (χ4v) is 1.99. The Balaban J connectivity index is 2.07. The number of hydrogen-bond acceptors (Lipinski definition) is 3. The van der Waals surface area contributed by atoms with Gasteiger partial charge in [-0.15, -0.1) is 0 Å². The molecule has 0 fully saturated rings. The number of aromatic nitrogens is 2. The number of nitriles is 1. The number of carbonyl (C=O) groups excluding carboxylic acids is 1. The zero-order valence-corrected chi connectivity index (χ0v) is 11.5. The number of nitrogens with one attached hydrogen (secondary N) is 1. The first-order valence-electron chi connectivity index (χ1n) is 6.35. The molecule has 1 heterocycles. The minimum Gasteiger partial charge on any atom is -0.310 e. The Kier molecular flexibility index (Phi) is 4.16. The molecule has 5 heteroatoms. The lowest BCUT2D eigenvalue weighted by Crippen LogP contribution is -2.24. The van der Waals surface area contributed by atoms with Gasteiger partial charge in [0.15, 0.2) is 0 Å². The van der Waals surface area contributed by atoms with Crippen molar-refractivity contribution in [1.82, 2.24) is 9.78 Å². The Morgan fingerprint density at radius 2 is 2.15 bits per heavy atom. The molecule has 102 valence electrons. The molecule has 0 bridgehead atoms. The Labute approximate surface area is 117 Å². The number of anilines is 1. The minimum atomic E-state index is -0.715. The molecule has 0 spiro atoms. The molecule has 0 aliphatic rings. The third-order valence-corrected chi connectivity index (χ3v) is 3.01. The molecule has 0 aliphatic heterocycles. The summed E-state index contributed by atoms with van der Waals surface area (Å²) in [6.07, 6.45) is 0.403. The van der Waals surface area contributed by atoms with Crippen LogP contribution in [0.1, 0.15) is 11.3 Å². The van der Waals surface area contributed by atoms with E-state index in [1.54, 1.807) is 17.8 Å². The molecule has 0 saturated carbocycles. The Bertz CT molecular complexity index is 640. The average molecular weight is 268 g/mol. The van der Waals surface area contributed by atoms with E-state index in [2.05, 4.69) is 16.5 Å². The highest BCUT2D eigenvalue weighted by Crippen LogP contribution is 2.13. The first-order valence-corrected chi connectivity index (χ1v) is 6.35. The second-order valence-electron chi connectivity index (χ2n) is 4.66. The second-order valence-corrected chi connectivity index (χ2v) is 4.66. The van der Waals surface area contributed by atoms with E-state index >= 15 is 0 Å². The van der Waals surface area contributed by atoms with Crippen LogP contribution in [0.3, 0.4) is 0 Å². The van der Waals surface area contributed by atoms with Crippen molar-refractivity contribution in [2.45, 2.75) is 13.3 Å². The fraction of sp³-hybridized carbons (Fsp3) is 0.267. The number of nitrogens with zero attached hydrogens (tertiary/aromatic N) is 3. The van der Waals surface area contributed by atoms with Gasteiger partial charge in [0.25, 0.3) is 0 Å². The summed E-state index contributed by atoms with van der Waals surface area (Å²) in [5, 5.41) is 16.1. The van der Waals surface area contributed by atoms with Crippen LogP contribution in [0.2, 0.25) is 0 Å². The van der Waals surface area contributed by atoms with Gasteiger partial charge in [-0.05, 0) is 18.9 Å². The van der Waals surface area contributed by atoms with Crippen LogP contribution in [-0.2, 0) is 18.3 Å². The normalized spacial score (nSPS) is 11.7. The molecular formula is C15H16N4O. The first kappa shape index (κ1) is 13.8. The van der Waals surface area contributed by atoms with E-state index < -0.39 is 5.92 Å². The Morgan fingerprint density at radius 1 is 1.45 bits per heavy atom. The highest BCUT2D eigenvalue weighted by molar-refractivity contribution is 5.93. The van der Waals surface area contributed by atoms with Crippen LogP contribution in [0.4, 0.5) is 5.82 Å². The van der Waals surface area contributed by atoms with Crippen LogP contribution in [0.25, 0.3) is 0 Å². The molecule has 1 aromatic heterocycles. The molecule has 5 nitrogen and oxygen atoms in total. The smallest absolute Gasteiger partial charge is 0.243 e. The SMILES string of the molecule is Cc1cc(NC(=O)C(C#N)Cc2ccccc2)n(C)n1. The minimum absolute atomic E-state index is 0.306. The molecule has 2 aromatic rings. The fourth-order valence-electron chi connectivity index (χ4n) is 1.99. The summed E-state index contributed by atoms with van der Waals surface area (Å²) in [5.41, 5.74) is 1.79. The molecule has 0 aliphatic carbocycles. The summed E-state index contributed by atoms with van der Waals surface area (Å²) >= 11 is 0. The van der Waals surface area contributed by atoms with Crippen molar-refractivity contribution in [3.63, 3.8) is 0 Å². The average Bonchev–Trinajstić information content (AvgIpc) is 2.75. The van der Waals surface area contributed by atoms with Gasteiger partial charge in [0.05, 0.1) is 11.8 Å². The number of hydrogen-bond donors (Lipinski definition) is 1. The van der Waals surface area contributed by atoms with Gasteiger partial charge in [-0.3, -0.25) is 9.48 Å². The maximum absolute atomic E-state index is 12.1. The van der Waals surface area contributed by atoms with E-state index in [1.807, 2.05) is 37.3 Å². The van der Waals surface area contributed by atoms with E-state index in [0.717, 1.165) is 11.3 Å². The van der Waals surface area contributed by atoms with Crippen molar-refractivity contribution in [2.75, 3.05) is 5.32 Å². The lowest BCUT2D eigenvalue weighted by atomic mass is 10.00. The van der Waals surface area contributed by atoms with Gasteiger partial charge >= 0.3 is 0 Å². The first-order chi connectivity index (χ1) is 9.60. The molecule has 1 aromatic carbocycles. The van der Waals surface area contributed by atoms with Crippen molar-refractivity contribution in [3.8, 4) is 6.07 Å². The number of aryl methyl sites for hydroxylation is 2. The van der Waals surface area contributed by atoms with E-state index in [1.165, 1.54) is 0 Å². The van der Waals surface area contributed by atoms with Gasteiger partial charge in [0.2, 0.25) is 5.91 Å². The number of carbonyl (C=O) groups is 1. The van der Waals surface area contributed by atoms with E-state index in [-0.39, 0.29) is 5.91 Å². The molecule has 1 N–H and O–H groups in total. The number of rotatable bonds is 4. The Morgan fingerprint density at radius 3 is 2.70 bits per heavy atom. The van der Waals surface area contributed by atoms with Crippen LogP contribution >= 0.6 is 0 Å². The van der Waals surface area contributed by atoms with Gasteiger partial charge in [-0.25, -0.2) is 0 Å². The topological polar surface area (TPSA) is 70.7 Å². The van der Waals surface area contributed by atoms with Crippen molar-refractivity contribution >= 4 is 11.7 Å². The van der Waals surface area contributed by atoms with Crippen LogP contribution in [0.15, 0.2) is 36.4 Å². The molecule has 0 radical (unpaired) electrons. The van der Waals surface area contributed by atoms with Crippen molar-refractivity contribution in [1.29, 1.82) is 5.26 Å². The molecular weight excluding hydrogens is 252 g/mol. The molecule has 1 atom stereocenters. The van der Waals surface area contributed by atoms with Gasteiger partial charge in [-0.2, -0.15) is 10.4 Å². The summed E-state index contributed by atoms with van der Waals surface area (Å²) in [4.78, 5) is 12.1. The molecule has 2 rings (SSSR count). The quantitative estimate of drug-likeness (QED) is 0.922. The largest absolute Gasteiger partial charge is 0.310 e. The van der Waals surface area contributed by atoms with Crippen molar-refractivity contribution in [2.24, 2.45) is 13.0 Å². The summed E-state index contributed by atoms with van der Waals surface area (Å²) in [6.45, 7) is 1.85. The molecule has 0 saturated heterocycles.